The SMILES string of the molecule is CC(C)N(CC(F)(F)F)c1cnc(C#N)c(C(F)(F)F)c1. The Morgan fingerprint density at radius 3 is 2.19 bits per heavy atom. The van der Waals surface area contributed by atoms with E-state index < -0.39 is 36.2 Å². The molecule has 0 radical (unpaired) electrons. The first kappa shape index (κ1) is 17.1. The van der Waals surface area contributed by atoms with Gasteiger partial charge in [0.1, 0.15) is 12.6 Å². The summed E-state index contributed by atoms with van der Waals surface area (Å²) in [5.41, 5.74) is -2.56. The lowest BCUT2D eigenvalue weighted by atomic mass is 10.1. The van der Waals surface area contributed by atoms with Crippen LogP contribution in [0, 0.1) is 11.3 Å². The molecule has 0 aliphatic rings. The molecule has 0 unspecified atom stereocenters. The molecule has 1 aromatic rings. The standard InChI is InChI=1S/C12H11F6N3/c1-7(2)21(6-11(13,14)15)8-3-9(12(16,17)18)10(4-19)20-5-8/h3,5,7H,6H2,1-2H3. The van der Waals surface area contributed by atoms with Crippen molar-refractivity contribution >= 4 is 5.69 Å². The molecule has 0 N–H and O–H groups in total. The summed E-state index contributed by atoms with van der Waals surface area (Å²) in [4.78, 5) is 4.05. The molecular weight excluding hydrogens is 300 g/mol. The van der Waals surface area contributed by atoms with E-state index in [1.807, 2.05) is 0 Å². The average molecular weight is 311 g/mol. The topological polar surface area (TPSA) is 39.9 Å². The molecule has 116 valence electrons. The maximum absolute atomic E-state index is 12.8. The summed E-state index contributed by atoms with van der Waals surface area (Å²) in [5, 5.41) is 8.60. The molecule has 0 amide bonds. The molecule has 1 aromatic heterocycles. The van der Waals surface area contributed by atoms with Gasteiger partial charge in [0.05, 0.1) is 17.4 Å². The lowest BCUT2D eigenvalue weighted by Crippen LogP contribution is -2.39. The van der Waals surface area contributed by atoms with Crippen LogP contribution in [0.25, 0.3) is 0 Å². The first-order valence-corrected chi connectivity index (χ1v) is 5.76. The van der Waals surface area contributed by atoms with Gasteiger partial charge in [-0.05, 0) is 19.9 Å². The number of hydrogen-bond donors (Lipinski definition) is 0. The van der Waals surface area contributed by atoms with E-state index in [9.17, 15) is 26.3 Å². The van der Waals surface area contributed by atoms with Crippen molar-refractivity contribution in [1.82, 2.24) is 4.98 Å². The number of pyridine rings is 1. The predicted molar refractivity (Wildman–Crippen MR) is 62.5 cm³/mol. The molecule has 21 heavy (non-hydrogen) atoms. The summed E-state index contributed by atoms with van der Waals surface area (Å²) in [7, 11) is 0. The Labute approximate surface area is 116 Å². The summed E-state index contributed by atoms with van der Waals surface area (Å²) < 4.78 is 75.8. The number of halogens is 6. The third kappa shape index (κ3) is 4.51. The van der Waals surface area contributed by atoms with Crippen molar-refractivity contribution in [1.29, 1.82) is 5.26 Å². The highest BCUT2D eigenvalue weighted by Crippen LogP contribution is 2.34. The molecule has 0 aliphatic carbocycles. The Kier molecular flexibility index (Phi) is 4.71. The summed E-state index contributed by atoms with van der Waals surface area (Å²) in [6.07, 6.45) is -8.61. The largest absolute Gasteiger partial charge is 0.419 e. The van der Waals surface area contributed by atoms with Gasteiger partial charge in [-0.25, -0.2) is 4.98 Å². The number of hydrogen-bond acceptors (Lipinski definition) is 3. The zero-order chi connectivity index (χ0) is 16.4. The van der Waals surface area contributed by atoms with Gasteiger partial charge in [-0.15, -0.1) is 0 Å². The van der Waals surface area contributed by atoms with Crippen LogP contribution >= 0.6 is 0 Å². The number of rotatable bonds is 3. The van der Waals surface area contributed by atoms with E-state index in [4.69, 9.17) is 5.26 Å². The minimum absolute atomic E-state index is 0.339. The van der Waals surface area contributed by atoms with Crippen molar-refractivity contribution < 1.29 is 26.3 Å². The molecule has 0 saturated heterocycles. The minimum Gasteiger partial charge on any atom is -0.359 e. The van der Waals surface area contributed by atoms with Crippen molar-refractivity contribution in [2.24, 2.45) is 0 Å². The fraction of sp³-hybridized carbons (Fsp3) is 0.500. The molecule has 0 aromatic carbocycles. The Balaban J connectivity index is 3.32. The van der Waals surface area contributed by atoms with E-state index in [1.165, 1.54) is 19.9 Å². The van der Waals surface area contributed by atoms with Gasteiger partial charge in [0, 0.05) is 6.04 Å². The first-order chi connectivity index (χ1) is 9.45. The van der Waals surface area contributed by atoms with Crippen LogP contribution in [0.1, 0.15) is 25.1 Å². The molecule has 0 bridgehead atoms. The first-order valence-electron chi connectivity index (χ1n) is 5.76. The van der Waals surface area contributed by atoms with Gasteiger partial charge >= 0.3 is 12.4 Å². The third-order valence-electron chi connectivity index (χ3n) is 2.59. The second-order valence-electron chi connectivity index (χ2n) is 4.54. The van der Waals surface area contributed by atoms with Crippen LogP contribution in [-0.2, 0) is 6.18 Å². The van der Waals surface area contributed by atoms with Gasteiger partial charge in [0.15, 0.2) is 5.69 Å². The molecule has 0 fully saturated rings. The minimum atomic E-state index is -4.87. The van der Waals surface area contributed by atoms with Crippen LogP contribution in [0.5, 0.6) is 0 Å². The van der Waals surface area contributed by atoms with Gasteiger partial charge in [-0.2, -0.15) is 31.6 Å². The van der Waals surface area contributed by atoms with E-state index in [0.29, 0.717) is 6.07 Å². The second kappa shape index (κ2) is 5.79. The van der Waals surface area contributed by atoms with Gasteiger partial charge in [-0.1, -0.05) is 0 Å². The van der Waals surface area contributed by atoms with Gasteiger partial charge in [0.25, 0.3) is 0 Å². The maximum atomic E-state index is 12.8. The molecule has 0 atom stereocenters. The highest BCUT2D eigenvalue weighted by molar-refractivity contribution is 5.51. The van der Waals surface area contributed by atoms with E-state index in [1.54, 1.807) is 0 Å². The number of nitrogens with zero attached hydrogens (tertiary/aromatic N) is 3. The van der Waals surface area contributed by atoms with Gasteiger partial charge in [-0.3, -0.25) is 0 Å². The molecule has 1 rings (SSSR count). The summed E-state index contributed by atoms with van der Waals surface area (Å²) in [6, 6.07) is 1.09. The molecule has 3 nitrogen and oxygen atoms in total. The molecule has 0 saturated carbocycles. The van der Waals surface area contributed by atoms with Crippen molar-refractivity contribution in [2.75, 3.05) is 11.4 Å². The lowest BCUT2D eigenvalue weighted by Gasteiger charge is -2.30. The normalized spacial score (nSPS) is 12.4. The van der Waals surface area contributed by atoms with Gasteiger partial charge < -0.3 is 4.90 Å². The van der Waals surface area contributed by atoms with Crippen molar-refractivity contribution in [2.45, 2.75) is 32.2 Å². The van der Waals surface area contributed by atoms with E-state index >= 15 is 0 Å². The Morgan fingerprint density at radius 2 is 1.81 bits per heavy atom. The van der Waals surface area contributed by atoms with Crippen LogP contribution in [-0.4, -0.2) is 23.7 Å². The average Bonchev–Trinajstić information content (AvgIpc) is 2.33. The zero-order valence-electron chi connectivity index (χ0n) is 11.0. The fourth-order valence-corrected chi connectivity index (χ4v) is 1.68. The Bertz CT molecular complexity index is 541. The van der Waals surface area contributed by atoms with Crippen LogP contribution in [0.4, 0.5) is 32.0 Å². The van der Waals surface area contributed by atoms with E-state index in [-0.39, 0.29) is 5.69 Å². The smallest absolute Gasteiger partial charge is 0.359 e. The van der Waals surface area contributed by atoms with Crippen molar-refractivity contribution in [3.05, 3.63) is 23.5 Å². The van der Waals surface area contributed by atoms with Crippen LogP contribution in [0.3, 0.4) is 0 Å². The summed E-state index contributed by atoms with van der Waals surface area (Å²) in [6.45, 7) is 1.42. The lowest BCUT2D eigenvalue weighted by molar-refractivity contribution is -0.138. The number of anilines is 1. The highest BCUT2D eigenvalue weighted by atomic mass is 19.4. The van der Waals surface area contributed by atoms with Crippen LogP contribution in [0.15, 0.2) is 12.3 Å². The summed E-state index contributed by atoms with van der Waals surface area (Å²) >= 11 is 0. The number of aromatic nitrogens is 1. The third-order valence-corrected chi connectivity index (χ3v) is 2.59. The number of nitriles is 1. The highest BCUT2D eigenvalue weighted by Gasteiger charge is 2.37. The van der Waals surface area contributed by atoms with Crippen molar-refractivity contribution in [3.8, 4) is 6.07 Å². The molecule has 9 heteroatoms. The molecule has 1 heterocycles. The summed E-state index contributed by atoms with van der Waals surface area (Å²) in [5.74, 6) is 0. The maximum Gasteiger partial charge on any atom is 0.419 e. The Hall–Kier alpha value is -1.98. The second-order valence-corrected chi connectivity index (χ2v) is 4.54. The molecule has 0 aliphatic heterocycles. The monoisotopic (exact) mass is 311 g/mol. The Morgan fingerprint density at radius 1 is 1.24 bits per heavy atom. The van der Waals surface area contributed by atoms with Crippen LogP contribution < -0.4 is 4.90 Å². The van der Waals surface area contributed by atoms with Crippen molar-refractivity contribution in [3.63, 3.8) is 0 Å². The predicted octanol–water partition coefficient (Wildman–Crippen LogP) is 3.75. The quantitative estimate of drug-likeness (QED) is 0.798. The van der Waals surface area contributed by atoms with E-state index in [0.717, 1.165) is 11.1 Å². The van der Waals surface area contributed by atoms with Crippen LogP contribution in [0.2, 0.25) is 0 Å². The number of alkyl halides is 6. The van der Waals surface area contributed by atoms with E-state index in [2.05, 4.69) is 4.98 Å². The fourth-order valence-electron chi connectivity index (χ4n) is 1.68. The van der Waals surface area contributed by atoms with Gasteiger partial charge in [0.2, 0.25) is 0 Å². The zero-order valence-corrected chi connectivity index (χ0v) is 11.0. The molecule has 0 spiro atoms. The molecular formula is C12H11F6N3.